The summed E-state index contributed by atoms with van der Waals surface area (Å²) in [7, 11) is -3.20. The Hall–Kier alpha value is -2.65. The smallest absolute Gasteiger partial charge is 0.224 e. The first-order valence-corrected chi connectivity index (χ1v) is 12.3. The number of hydrogen-bond donors (Lipinski definition) is 1. The van der Waals surface area contributed by atoms with E-state index in [-0.39, 0.29) is 18.4 Å². The van der Waals surface area contributed by atoms with E-state index < -0.39 is 10.0 Å². The summed E-state index contributed by atoms with van der Waals surface area (Å²) in [6, 6.07) is 11.0. The maximum atomic E-state index is 12.6. The van der Waals surface area contributed by atoms with Crippen LogP contribution >= 0.6 is 0 Å². The van der Waals surface area contributed by atoms with Gasteiger partial charge in [0.05, 0.1) is 12.9 Å². The maximum absolute atomic E-state index is 12.6. The molecule has 1 aromatic carbocycles. The predicted molar refractivity (Wildman–Crippen MR) is 118 cm³/mol. The van der Waals surface area contributed by atoms with Crippen LogP contribution in [0, 0.1) is 5.92 Å². The highest BCUT2D eigenvalue weighted by Crippen LogP contribution is 2.25. The molecule has 0 aliphatic carbocycles. The molecule has 2 heterocycles. The van der Waals surface area contributed by atoms with Gasteiger partial charge in [-0.3, -0.25) is 4.79 Å². The Morgan fingerprint density at radius 1 is 1.16 bits per heavy atom. The Bertz CT molecular complexity index is 971. The van der Waals surface area contributed by atoms with Crippen molar-refractivity contribution in [1.82, 2.24) is 14.6 Å². The van der Waals surface area contributed by atoms with Gasteiger partial charge in [0.25, 0.3) is 0 Å². The van der Waals surface area contributed by atoms with E-state index in [1.165, 1.54) is 10.6 Å². The van der Waals surface area contributed by atoms with Crippen molar-refractivity contribution in [2.24, 2.45) is 5.92 Å². The van der Waals surface area contributed by atoms with Crippen molar-refractivity contribution < 1.29 is 22.7 Å². The summed E-state index contributed by atoms with van der Waals surface area (Å²) < 4.78 is 36.2. The van der Waals surface area contributed by atoms with E-state index in [2.05, 4.69) is 17.2 Å². The fourth-order valence-electron chi connectivity index (χ4n) is 3.36. The minimum absolute atomic E-state index is 0.0830. The summed E-state index contributed by atoms with van der Waals surface area (Å²) in [5.41, 5.74) is 0.760. The van der Waals surface area contributed by atoms with E-state index in [4.69, 9.17) is 9.47 Å². The van der Waals surface area contributed by atoms with Gasteiger partial charge in [-0.2, -0.15) is 0 Å². The Labute approximate surface area is 183 Å². The van der Waals surface area contributed by atoms with Crippen molar-refractivity contribution in [2.45, 2.75) is 32.7 Å². The van der Waals surface area contributed by atoms with Crippen molar-refractivity contribution in [3.63, 3.8) is 0 Å². The van der Waals surface area contributed by atoms with Gasteiger partial charge in [-0.05, 0) is 49.6 Å². The molecule has 1 aliphatic heterocycles. The number of benzene rings is 1. The van der Waals surface area contributed by atoms with Crippen LogP contribution in [0.2, 0.25) is 0 Å². The number of pyridine rings is 1. The largest absolute Gasteiger partial charge is 0.494 e. The third kappa shape index (κ3) is 6.67. The molecule has 1 fully saturated rings. The molecular weight excluding hydrogens is 418 g/mol. The van der Waals surface area contributed by atoms with Crippen LogP contribution in [0.1, 0.15) is 31.7 Å². The van der Waals surface area contributed by atoms with Crippen LogP contribution in [0.15, 0.2) is 42.6 Å². The zero-order valence-electron chi connectivity index (χ0n) is 17.9. The lowest BCUT2D eigenvalue weighted by molar-refractivity contribution is -0.126. The molecule has 0 radical (unpaired) electrons. The van der Waals surface area contributed by atoms with Crippen molar-refractivity contribution in [3.05, 3.63) is 48.2 Å². The van der Waals surface area contributed by atoms with Gasteiger partial charge in [0.1, 0.15) is 11.5 Å². The number of ether oxygens (including phenoxy) is 2. The van der Waals surface area contributed by atoms with Crippen LogP contribution in [0.4, 0.5) is 0 Å². The third-order valence-corrected chi connectivity index (χ3v) is 6.41. The molecule has 0 bridgehead atoms. The predicted octanol–water partition coefficient (Wildman–Crippen LogP) is 2.95. The standard InChI is InChI=1S/C22H29N3O5S/c1-3-15-29-19-6-8-20(9-7-19)30-22-18(5-4-12-23-22)16-24-21(26)17-10-13-25(14-11-17)31(2,27)28/h4-9,12,17H,3,10-11,13-16H2,1-2H3,(H,24,26). The van der Waals surface area contributed by atoms with E-state index >= 15 is 0 Å². The molecule has 2 aromatic rings. The van der Waals surface area contributed by atoms with Crippen molar-refractivity contribution >= 4 is 15.9 Å². The lowest BCUT2D eigenvalue weighted by Crippen LogP contribution is -2.42. The van der Waals surface area contributed by atoms with Crippen LogP contribution in [-0.2, 0) is 21.4 Å². The van der Waals surface area contributed by atoms with Gasteiger partial charge in [-0.25, -0.2) is 17.7 Å². The number of hydrogen-bond acceptors (Lipinski definition) is 6. The third-order valence-electron chi connectivity index (χ3n) is 5.11. The molecule has 8 nitrogen and oxygen atoms in total. The quantitative estimate of drug-likeness (QED) is 0.635. The van der Waals surface area contributed by atoms with E-state index in [0.717, 1.165) is 17.7 Å². The molecule has 1 saturated heterocycles. The summed E-state index contributed by atoms with van der Waals surface area (Å²) >= 11 is 0. The second-order valence-corrected chi connectivity index (χ2v) is 9.53. The molecular formula is C22H29N3O5S. The molecule has 0 unspecified atom stereocenters. The number of piperidine rings is 1. The molecule has 1 aliphatic rings. The van der Waals surface area contributed by atoms with Gasteiger partial charge in [-0.15, -0.1) is 0 Å². The van der Waals surface area contributed by atoms with Gasteiger partial charge in [0.2, 0.25) is 21.8 Å². The molecule has 1 amide bonds. The minimum atomic E-state index is -3.20. The molecule has 31 heavy (non-hydrogen) atoms. The van der Waals surface area contributed by atoms with Gasteiger partial charge >= 0.3 is 0 Å². The van der Waals surface area contributed by atoms with Gasteiger partial charge < -0.3 is 14.8 Å². The Morgan fingerprint density at radius 3 is 2.48 bits per heavy atom. The number of carbonyl (C=O) groups excluding carboxylic acids is 1. The molecule has 3 rings (SSSR count). The van der Waals surface area contributed by atoms with E-state index in [1.807, 2.05) is 30.3 Å². The summed E-state index contributed by atoms with van der Waals surface area (Å²) in [6.45, 7) is 3.74. The van der Waals surface area contributed by atoms with Crippen LogP contribution < -0.4 is 14.8 Å². The average molecular weight is 448 g/mol. The molecule has 0 atom stereocenters. The van der Waals surface area contributed by atoms with Crippen LogP contribution in [-0.4, -0.2) is 49.6 Å². The zero-order valence-corrected chi connectivity index (χ0v) is 18.7. The zero-order chi connectivity index (χ0) is 22.3. The van der Waals surface area contributed by atoms with E-state index in [1.54, 1.807) is 12.3 Å². The maximum Gasteiger partial charge on any atom is 0.224 e. The lowest BCUT2D eigenvalue weighted by atomic mass is 9.97. The fraction of sp³-hybridized carbons (Fsp3) is 0.455. The second-order valence-electron chi connectivity index (χ2n) is 7.54. The normalized spacial score (nSPS) is 15.4. The summed E-state index contributed by atoms with van der Waals surface area (Å²) in [4.78, 5) is 16.9. The highest BCUT2D eigenvalue weighted by Gasteiger charge is 2.28. The number of aromatic nitrogens is 1. The second kappa shape index (κ2) is 10.6. The average Bonchev–Trinajstić information content (AvgIpc) is 2.77. The number of nitrogens with zero attached hydrogens (tertiary/aromatic N) is 2. The Balaban J connectivity index is 1.55. The summed E-state index contributed by atoms with van der Waals surface area (Å²) in [6.07, 6.45) is 4.81. The summed E-state index contributed by atoms with van der Waals surface area (Å²) in [5.74, 6) is 1.56. The van der Waals surface area contributed by atoms with Gasteiger partial charge in [0, 0.05) is 37.3 Å². The minimum Gasteiger partial charge on any atom is -0.494 e. The summed E-state index contributed by atoms with van der Waals surface area (Å²) in [5, 5.41) is 2.93. The van der Waals surface area contributed by atoms with Crippen LogP contribution in [0.3, 0.4) is 0 Å². The molecule has 9 heteroatoms. The van der Waals surface area contributed by atoms with Crippen molar-refractivity contribution in [1.29, 1.82) is 0 Å². The first kappa shape index (κ1) is 23.0. The first-order chi connectivity index (χ1) is 14.9. The molecule has 1 aromatic heterocycles. The number of nitrogens with one attached hydrogen (secondary N) is 1. The molecule has 0 spiro atoms. The SMILES string of the molecule is CCCOc1ccc(Oc2ncccc2CNC(=O)C2CCN(S(C)(=O)=O)CC2)cc1. The van der Waals surface area contributed by atoms with Crippen molar-refractivity contribution in [3.8, 4) is 17.4 Å². The van der Waals surface area contributed by atoms with E-state index in [0.29, 0.717) is 44.2 Å². The Kier molecular flexibility index (Phi) is 7.86. The first-order valence-electron chi connectivity index (χ1n) is 10.4. The topological polar surface area (TPSA) is 97.8 Å². The molecule has 0 saturated carbocycles. The van der Waals surface area contributed by atoms with E-state index in [9.17, 15) is 13.2 Å². The lowest BCUT2D eigenvalue weighted by Gasteiger charge is -2.29. The van der Waals surface area contributed by atoms with Gasteiger partial charge in [0.15, 0.2) is 0 Å². The number of amides is 1. The Morgan fingerprint density at radius 2 is 1.84 bits per heavy atom. The number of sulfonamides is 1. The monoisotopic (exact) mass is 447 g/mol. The molecule has 168 valence electrons. The highest BCUT2D eigenvalue weighted by atomic mass is 32.2. The number of rotatable bonds is 9. The molecule has 1 N–H and O–H groups in total. The van der Waals surface area contributed by atoms with Gasteiger partial charge in [-0.1, -0.05) is 13.0 Å². The highest BCUT2D eigenvalue weighted by molar-refractivity contribution is 7.88. The van der Waals surface area contributed by atoms with Crippen molar-refractivity contribution in [2.75, 3.05) is 26.0 Å². The van der Waals surface area contributed by atoms with Crippen LogP contribution in [0.25, 0.3) is 0 Å². The van der Waals surface area contributed by atoms with Crippen LogP contribution in [0.5, 0.6) is 17.4 Å². The fourth-order valence-corrected chi connectivity index (χ4v) is 4.24. The number of carbonyl (C=O) groups is 1.